The minimum Gasteiger partial charge on any atom is -0.492 e. The molecule has 1 aromatic carbocycles. The summed E-state index contributed by atoms with van der Waals surface area (Å²) in [5.41, 5.74) is 1.32. The van der Waals surface area contributed by atoms with E-state index in [1.54, 1.807) is 0 Å². The Bertz CT molecular complexity index is 474. The molecule has 21 heavy (non-hydrogen) atoms. The highest BCUT2D eigenvalue weighted by molar-refractivity contribution is 5.39. The summed E-state index contributed by atoms with van der Waals surface area (Å²) >= 11 is 0. The molecule has 2 aliphatic heterocycles. The van der Waals surface area contributed by atoms with Gasteiger partial charge in [-0.3, -0.25) is 4.90 Å². The molecule has 3 unspecified atom stereocenters. The molecular formula is C18H28N2O. The highest BCUT2D eigenvalue weighted by Gasteiger charge is 2.40. The van der Waals surface area contributed by atoms with E-state index >= 15 is 0 Å². The van der Waals surface area contributed by atoms with Gasteiger partial charge in [0.15, 0.2) is 0 Å². The van der Waals surface area contributed by atoms with Crippen molar-refractivity contribution in [3.05, 3.63) is 29.8 Å². The number of nitrogens with zero attached hydrogens (tertiary/aromatic N) is 1. The molecule has 0 spiro atoms. The lowest BCUT2D eigenvalue weighted by molar-refractivity contribution is 0.0618. The number of ether oxygens (including phenoxy) is 1. The summed E-state index contributed by atoms with van der Waals surface area (Å²) < 4.78 is 6.07. The first-order valence-corrected chi connectivity index (χ1v) is 8.43. The number of para-hydroxylation sites is 1. The molecule has 0 bridgehead atoms. The molecule has 1 N–H and O–H groups in total. The number of fused-ring (bicyclic) bond motifs is 1. The Morgan fingerprint density at radius 1 is 1.33 bits per heavy atom. The molecule has 1 aromatic rings. The van der Waals surface area contributed by atoms with Gasteiger partial charge in [0, 0.05) is 11.6 Å². The van der Waals surface area contributed by atoms with Crippen molar-refractivity contribution in [2.45, 2.75) is 51.7 Å². The molecule has 3 atom stereocenters. The molecule has 0 aliphatic carbocycles. The lowest BCUT2D eigenvalue weighted by atomic mass is 9.92. The molecule has 0 radical (unpaired) electrons. The zero-order valence-electron chi connectivity index (χ0n) is 13.5. The fraction of sp³-hybridized carbons (Fsp3) is 0.667. The number of rotatable bonds is 4. The van der Waals surface area contributed by atoms with E-state index in [4.69, 9.17) is 4.74 Å². The number of likely N-dealkylation sites (tertiary alicyclic amines) is 1. The largest absolute Gasteiger partial charge is 0.492 e. The van der Waals surface area contributed by atoms with E-state index in [9.17, 15) is 0 Å². The smallest absolute Gasteiger partial charge is 0.124 e. The summed E-state index contributed by atoms with van der Waals surface area (Å²) in [6.07, 6.45) is 2.65. The third kappa shape index (κ3) is 2.82. The Kier molecular flexibility index (Phi) is 4.51. The van der Waals surface area contributed by atoms with Gasteiger partial charge in [-0.15, -0.1) is 0 Å². The van der Waals surface area contributed by atoms with Crippen molar-refractivity contribution in [2.75, 3.05) is 19.7 Å². The Morgan fingerprint density at radius 3 is 2.90 bits per heavy atom. The van der Waals surface area contributed by atoms with E-state index in [-0.39, 0.29) is 0 Å². The molecule has 2 aliphatic rings. The highest BCUT2D eigenvalue weighted by Crippen LogP contribution is 2.37. The minimum atomic E-state index is 0.388. The fourth-order valence-corrected chi connectivity index (χ4v) is 4.04. The summed E-state index contributed by atoms with van der Waals surface area (Å²) in [5.74, 6) is 1.77. The van der Waals surface area contributed by atoms with Crippen molar-refractivity contribution >= 4 is 0 Å². The molecule has 0 saturated carbocycles. The molecule has 116 valence electrons. The molecule has 3 heteroatoms. The van der Waals surface area contributed by atoms with Crippen LogP contribution in [0.15, 0.2) is 24.3 Å². The van der Waals surface area contributed by atoms with Crippen molar-refractivity contribution < 1.29 is 4.74 Å². The van der Waals surface area contributed by atoms with E-state index in [1.165, 1.54) is 24.9 Å². The highest BCUT2D eigenvalue weighted by atomic mass is 16.5. The van der Waals surface area contributed by atoms with Gasteiger partial charge in [0.25, 0.3) is 0 Å². The molecule has 0 aromatic heterocycles. The number of hydrogen-bond donors (Lipinski definition) is 1. The fourth-order valence-electron chi connectivity index (χ4n) is 4.04. The van der Waals surface area contributed by atoms with E-state index in [0.29, 0.717) is 24.0 Å². The Labute approximate surface area is 128 Å². The van der Waals surface area contributed by atoms with Crippen LogP contribution in [-0.2, 0) is 0 Å². The van der Waals surface area contributed by atoms with Gasteiger partial charge in [0.1, 0.15) is 12.4 Å². The first-order valence-electron chi connectivity index (χ1n) is 8.43. The Morgan fingerprint density at radius 2 is 2.14 bits per heavy atom. The second-order valence-corrected chi connectivity index (χ2v) is 6.64. The number of likely N-dealkylation sites (N-methyl/N-ethyl adjacent to an activating group) is 1. The molecule has 3 rings (SSSR count). The van der Waals surface area contributed by atoms with Crippen LogP contribution >= 0.6 is 0 Å². The maximum Gasteiger partial charge on any atom is 0.124 e. The van der Waals surface area contributed by atoms with Crippen LogP contribution in [0.3, 0.4) is 0 Å². The van der Waals surface area contributed by atoms with Gasteiger partial charge in [0.05, 0.1) is 12.1 Å². The summed E-state index contributed by atoms with van der Waals surface area (Å²) in [6, 6.07) is 10.0. The van der Waals surface area contributed by atoms with Crippen LogP contribution in [0.5, 0.6) is 5.75 Å². The summed E-state index contributed by atoms with van der Waals surface area (Å²) in [4.78, 5) is 2.70. The molecule has 2 heterocycles. The van der Waals surface area contributed by atoms with Crippen LogP contribution in [-0.4, -0.2) is 36.7 Å². The van der Waals surface area contributed by atoms with Crippen LogP contribution in [0.25, 0.3) is 0 Å². The average molecular weight is 288 g/mol. The summed E-state index contributed by atoms with van der Waals surface area (Å²) in [7, 11) is 0. The van der Waals surface area contributed by atoms with Gasteiger partial charge in [0.2, 0.25) is 0 Å². The maximum absolute atomic E-state index is 6.07. The first-order chi connectivity index (χ1) is 10.2. The SMILES string of the molecule is CCNC1c2ccccc2OCC1N1CCCC1C(C)C. The van der Waals surface area contributed by atoms with Crippen molar-refractivity contribution in [3.8, 4) is 5.75 Å². The Balaban J connectivity index is 1.88. The zero-order valence-corrected chi connectivity index (χ0v) is 13.5. The molecular weight excluding hydrogens is 260 g/mol. The second-order valence-electron chi connectivity index (χ2n) is 6.64. The predicted octanol–water partition coefficient (Wildman–Crippen LogP) is 3.22. The average Bonchev–Trinajstić information content (AvgIpc) is 2.97. The summed E-state index contributed by atoms with van der Waals surface area (Å²) in [5, 5.41) is 3.71. The number of benzene rings is 1. The van der Waals surface area contributed by atoms with Gasteiger partial charge in [-0.25, -0.2) is 0 Å². The van der Waals surface area contributed by atoms with E-state index in [1.807, 2.05) is 0 Å². The van der Waals surface area contributed by atoms with Crippen LogP contribution < -0.4 is 10.1 Å². The molecule has 3 nitrogen and oxygen atoms in total. The Hall–Kier alpha value is -1.06. The monoisotopic (exact) mass is 288 g/mol. The van der Waals surface area contributed by atoms with Gasteiger partial charge >= 0.3 is 0 Å². The standard InChI is InChI=1S/C18H28N2O/c1-4-19-18-14-8-5-6-10-17(14)21-12-16(18)20-11-7-9-15(20)13(2)3/h5-6,8,10,13,15-16,18-19H,4,7,9,11-12H2,1-3H3. The lowest BCUT2D eigenvalue weighted by Crippen LogP contribution is -2.52. The third-order valence-electron chi connectivity index (χ3n) is 5.01. The van der Waals surface area contributed by atoms with Gasteiger partial charge < -0.3 is 10.1 Å². The van der Waals surface area contributed by atoms with Crippen LogP contribution in [0.1, 0.15) is 45.2 Å². The number of nitrogens with one attached hydrogen (secondary N) is 1. The molecule has 1 fully saturated rings. The van der Waals surface area contributed by atoms with Crippen molar-refractivity contribution in [2.24, 2.45) is 5.92 Å². The van der Waals surface area contributed by atoms with Gasteiger partial charge in [-0.2, -0.15) is 0 Å². The van der Waals surface area contributed by atoms with Gasteiger partial charge in [-0.05, 0) is 37.9 Å². The maximum atomic E-state index is 6.07. The van der Waals surface area contributed by atoms with Gasteiger partial charge in [-0.1, -0.05) is 39.0 Å². The number of hydrogen-bond acceptors (Lipinski definition) is 3. The van der Waals surface area contributed by atoms with Crippen molar-refractivity contribution in [1.82, 2.24) is 10.2 Å². The van der Waals surface area contributed by atoms with E-state index in [2.05, 4.69) is 55.3 Å². The molecule has 0 amide bonds. The third-order valence-corrected chi connectivity index (χ3v) is 5.01. The van der Waals surface area contributed by atoms with Crippen LogP contribution in [0.2, 0.25) is 0 Å². The quantitative estimate of drug-likeness (QED) is 0.920. The van der Waals surface area contributed by atoms with E-state index in [0.717, 1.165) is 18.9 Å². The molecule has 1 saturated heterocycles. The predicted molar refractivity (Wildman–Crippen MR) is 86.7 cm³/mol. The van der Waals surface area contributed by atoms with E-state index < -0.39 is 0 Å². The topological polar surface area (TPSA) is 24.5 Å². The van der Waals surface area contributed by atoms with Crippen LogP contribution in [0.4, 0.5) is 0 Å². The van der Waals surface area contributed by atoms with Crippen molar-refractivity contribution in [3.63, 3.8) is 0 Å². The lowest BCUT2D eigenvalue weighted by Gasteiger charge is -2.42. The van der Waals surface area contributed by atoms with Crippen LogP contribution in [0, 0.1) is 5.92 Å². The second kappa shape index (κ2) is 6.37. The first kappa shape index (κ1) is 14.9. The summed E-state index contributed by atoms with van der Waals surface area (Å²) in [6.45, 7) is 9.90. The minimum absolute atomic E-state index is 0.388. The van der Waals surface area contributed by atoms with Crippen molar-refractivity contribution in [1.29, 1.82) is 0 Å². The normalized spacial score (nSPS) is 29.4. The zero-order chi connectivity index (χ0) is 14.8.